The molecule has 1 aliphatic rings. The van der Waals surface area contributed by atoms with E-state index in [1.165, 1.54) is 6.07 Å². The van der Waals surface area contributed by atoms with E-state index in [9.17, 15) is 18.0 Å². The number of hydrazine groups is 1. The van der Waals surface area contributed by atoms with Crippen molar-refractivity contribution in [3.8, 4) is 0 Å². The van der Waals surface area contributed by atoms with Gasteiger partial charge in [0.05, 0.1) is 11.3 Å². The van der Waals surface area contributed by atoms with Crippen LogP contribution in [0.5, 0.6) is 0 Å². The summed E-state index contributed by atoms with van der Waals surface area (Å²) < 4.78 is 38.4. The maximum atomic E-state index is 12.8. The van der Waals surface area contributed by atoms with Crippen LogP contribution in [0.4, 0.5) is 18.9 Å². The summed E-state index contributed by atoms with van der Waals surface area (Å²) in [5, 5.41) is 2.69. The third kappa shape index (κ3) is 2.98. The maximum Gasteiger partial charge on any atom is 0.418 e. The van der Waals surface area contributed by atoms with Gasteiger partial charge in [-0.25, -0.2) is 0 Å². The molecule has 0 unspecified atom stereocenters. The molecule has 1 aromatic rings. The molecule has 1 aliphatic carbocycles. The Morgan fingerprint density at radius 3 is 2.47 bits per heavy atom. The molecule has 4 nitrogen and oxygen atoms in total. The van der Waals surface area contributed by atoms with Crippen molar-refractivity contribution in [3.63, 3.8) is 0 Å². The molecule has 0 aliphatic heterocycles. The number of rotatable bonds is 3. The second-order valence-corrected chi connectivity index (χ2v) is 4.50. The van der Waals surface area contributed by atoms with Crippen molar-refractivity contribution in [1.29, 1.82) is 0 Å². The Hall–Kier alpha value is -1.76. The van der Waals surface area contributed by atoms with E-state index in [2.05, 4.69) is 5.32 Å². The van der Waals surface area contributed by atoms with Crippen molar-refractivity contribution in [2.24, 2.45) is 5.84 Å². The van der Waals surface area contributed by atoms with E-state index in [1.54, 1.807) is 0 Å². The fourth-order valence-corrected chi connectivity index (χ4v) is 1.87. The molecule has 1 amide bonds. The van der Waals surface area contributed by atoms with Gasteiger partial charge in [-0.05, 0) is 37.5 Å². The van der Waals surface area contributed by atoms with E-state index in [0.29, 0.717) is 0 Å². The largest absolute Gasteiger partial charge is 0.418 e. The third-order valence-electron chi connectivity index (χ3n) is 3.18. The lowest BCUT2D eigenvalue weighted by molar-refractivity contribution is -0.137. The highest BCUT2D eigenvalue weighted by Gasteiger charge is 2.34. The zero-order valence-corrected chi connectivity index (χ0v) is 10.1. The minimum absolute atomic E-state index is 0.0155. The Labute approximate surface area is 108 Å². The molecular weight excluding hydrogens is 259 g/mol. The molecule has 19 heavy (non-hydrogen) atoms. The normalized spacial score (nSPS) is 15.8. The first-order valence-electron chi connectivity index (χ1n) is 5.90. The highest BCUT2D eigenvalue weighted by Crippen LogP contribution is 2.35. The predicted octanol–water partition coefficient (Wildman–Crippen LogP) is 2.27. The van der Waals surface area contributed by atoms with Crippen molar-refractivity contribution in [2.45, 2.75) is 31.5 Å². The van der Waals surface area contributed by atoms with Crippen LogP contribution in [0, 0.1) is 0 Å². The molecule has 0 atom stereocenters. The van der Waals surface area contributed by atoms with Crippen LogP contribution in [0.25, 0.3) is 0 Å². The van der Waals surface area contributed by atoms with E-state index in [4.69, 9.17) is 5.84 Å². The molecule has 4 N–H and O–H groups in total. The average molecular weight is 273 g/mol. The molecule has 0 radical (unpaired) electrons. The first-order chi connectivity index (χ1) is 8.91. The molecule has 0 spiro atoms. The maximum absolute atomic E-state index is 12.8. The van der Waals surface area contributed by atoms with E-state index in [1.807, 2.05) is 5.43 Å². The van der Waals surface area contributed by atoms with Crippen LogP contribution < -0.4 is 16.6 Å². The number of halogens is 3. The van der Waals surface area contributed by atoms with Crippen molar-refractivity contribution in [3.05, 3.63) is 29.3 Å². The zero-order chi connectivity index (χ0) is 14.0. The van der Waals surface area contributed by atoms with Crippen LogP contribution in [0.15, 0.2) is 18.2 Å². The second kappa shape index (κ2) is 5.08. The smallest absolute Gasteiger partial charge is 0.349 e. The Bertz CT molecular complexity index is 484. The van der Waals surface area contributed by atoms with Crippen molar-refractivity contribution in [1.82, 2.24) is 5.32 Å². The van der Waals surface area contributed by atoms with Gasteiger partial charge in [-0.1, -0.05) is 0 Å². The van der Waals surface area contributed by atoms with Gasteiger partial charge in [-0.3, -0.25) is 10.6 Å². The van der Waals surface area contributed by atoms with Gasteiger partial charge in [0.25, 0.3) is 5.91 Å². The van der Waals surface area contributed by atoms with E-state index >= 15 is 0 Å². The number of alkyl halides is 3. The lowest BCUT2D eigenvalue weighted by Gasteiger charge is -2.26. The molecule has 1 aromatic carbocycles. The lowest BCUT2D eigenvalue weighted by atomic mass is 9.93. The number of nitrogens with one attached hydrogen (secondary N) is 2. The van der Waals surface area contributed by atoms with Gasteiger partial charge in [0.1, 0.15) is 0 Å². The van der Waals surface area contributed by atoms with Gasteiger partial charge in [0.2, 0.25) is 0 Å². The molecule has 1 saturated carbocycles. The fraction of sp³-hybridized carbons (Fsp3) is 0.417. The highest BCUT2D eigenvalue weighted by molar-refractivity contribution is 5.95. The zero-order valence-electron chi connectivity index (χ0n) is 10.1. The summed E-state index contributed by atoms with van der Waals surface area (Å²) in [6.07, 6.45) is -1.77. The molecule has 0 heterocycles. The number of anilines is 1. The Morgan fingerprint density at radius 2 is 2.00 bits per heavy atom. The first kappa shape index (κ1) is 13.7. The number of amides is 1. The number of carbonyl (C=O) groups is 1. The van der Waals surface area contributed by atoms with Crippen molar-refractivity contribution >= 4 is 11.6 Å². The summed E-state index contributed by atoms with van der Waals surface area (Å²) in [6, 6.07) is 3.36. The van der Waals surface area contributed by atoms with Gasteiger partial charge < -0.3 is 10.7 Å². The third-order valence-corrected chi connectivity index (χ3v) is 3.18. The minimum Gasteiger partial charge on any atom is -0.349 e. The predicted molar refractivity (Wildman–Crippen MR) is 64.4 cm³/mol. The number of carbonyl (C=O) groups excluding carboxylic acids is 1. The molecular formula is C12H14F3N3O. The number of nitrogen functional groups attached to an aromatic ring is 1. The number of nitrogens with two attached hydrogens (primary N) is 1. The minimum atomic E-state index is -4.56. The SMILES string of the molecule is NNc1ccc(C(=O)NC2CCC2)cc1C(F)(F)F. The summed E-state index contributed by atoms with van der Waals surface area (Å²) in [5.41, 5.74) is 0.759. The number of hydrogen-bond donors (Lipinski definition) is 3. The molecule has 2 rings (SSSR count). The average Bonchev–Trinajstić information content (AvgIpc) is 2.31. The summed E-state index contributed by atoms with van der Waals surface area (Å²) in [6.45, 7) is 0. The van der Waals surface area contributed by atoms with Crippen molar-refractivity contribution < 1.29 is 18.0 Å². The van der Waals surface area contributed by atoms with Gasteiger partial charge >= 0.3 is 6.18 Å². The summed E-state index contributed by atoms with van der Waals surface area (Å²) in [4.78, 5) is 11.8. The lowest BCUT2D eigenvalue weighted by Crippen LogP contribution is -2.39. The standard InChI is InChI=1S/C12H14F3N3O/c13-12(14,15)9-6-7(4-5-10(9)18-16)11(19)17-8-2-1-3-8/h4-6,8,18H,1-3,16H2,(H,17,19). The number of hydrogen-bond acceptors (Lipinski definition) is 3. The Morgan fingerprint density at radius 1 is 1.32 bits per heavy atom. The summed E-state index contributed by atoms with van der Waals surface area (Å²) in [5.74, 6) is 4.55. The first-order valence-corrected chi connectivity index (χ1v) is 5.90. The summed E-state index contributed by atoms with van der Waals surface area (Å²) in [7, 11) is 0. The Kier molecular flexibility index (Phi) is 3.66. The monoisotopic (exact) mass is 273 g/mol. The van der Waals surface area contributed by atoms with Crippen LogP contribution in [0.1, 0.15) is 35.2 Å². The molecule has 0 saturated heterocycles. The van der Waals surface area contributed by atoms with E-state index in [-0.39, 0.29) is 17.3 Å². The van der Waals surface area contributed by atoms with E-state index in [0.717, 1.165) is 31.4 Å². The highest BCUT2D eigenvalue weighted by atomic mass is 19.4. The Balaban J connectivity index is 2.24. The fourth-order valence-electron chi connectivity index (χ4n) is 1.87. The van der Waals surface area contributed by atoms with Crippen LogP contribution in [0.3, 0.4) is 0 Å². The molecule has 104 valence electrons. The number of benzene rings is 1. The summed E-state index contributed by atoms with van der Waals surface area (Å²) >= 11 is 0. The second-order valence-electron chi connectivity index (χ2n) is 4.50. The molecule has 0 bridgehead atoms. The molecule has 0 aromatic heterocycles. The molecule has 1 fully saturated rings. The van der Waals surface area contributed by atoms with Gasteiger partial charge in [-0.15, -0.1) is 0 Å². The van der Waals surface area contributed by atoms with Gasteiger partial charge in [-0.2, -0.15) is 13.2 Å². The van der Waals surface area contributed by atoms with Crippen LogP contribution in [0.2, 0.25) is 0 Å². The van der Waals surface area contributed by atoms with E-state index < -0.39 is 17.6 Å². The van der Waals surface area contributed by atoms with Crippen molar-refractivity contribution in [2.75, 3.05) is 5.43 Å². The van der Waals surface area contributed by atoms with Crippen LogP contribution in [-0.4, -0.2) is 11.9 Å². The van der Waals surface area contributed by atoms with Crippen LogP contribution in [-0.2, 0) is 6.18 Å². The van der Waals surface area contributed by atoms with Crippen LogP contribution >= 0.6 is 0 Å². The van der Waals surface area contributed by atoms with Gasteiger partial charge in [0, 0.05) is 11.6 Å². The molecule has 7 heteroatoms. The van der Waals surface area contributed by atoms with Gasteiger partial charge in [0.15, 0.2) is 0 Å². The quantitative estimate of drug-likeness (QED) is 0.584. The topological polar surface area (TPSA) is 67.1 Å².